The molecule has 0 unspecified atom stereocenters. The molecule has 0 saturated heterocycles. The Bertz CT molecular complexity index is 1130. The molecule has 3 aromatic rings. The third-order valence-corrected chi connectivity index (χ3v) is 6.81. The lowest BCUT2D eigenvalue weighted by atomic mass is 10.1. The number of aliphatic hydroxyl groups is 1. The van der Waals surface area contributed by atoms with E-state index in [9.17, 15) is 5.11 Å². The fraction of sp³-hybridized carbons (Fsp3) is 0.478. The van der Waals surface area contributed by atoms with Crippen LogP contribution in [-0.4, -0.2) is 44.7 Å². The van der Waals surface area contributed by atoms with Crippen molar-refractivity contribution in [1.82, 2.24) is 19.3 Å². The SMILES string of the molecule is CCn1cc(-c2cn(COCC[Si](C)(C)C)nc2Cl)c2cc(C#CC(C)(C)O)ncc21. The van der Waals surface area contributed by atoms with Crippen LogP contribution in [0.15, 0.2) is 24.7 Å². The zero-order chi connectivity index (χ0) is 22.8. The van der Waals surface area contributed by atoms with E-state index in [4.69, 9.17) is 16.3 Å². The molecule has 166 valence electrons. The molecule has 3 rings (SSSR count). The highest BCUT2D eigenvalue weighted by molar-refractivity contribution is 6.76. The normalized spacial score (nSPS) is 12.3. The van der Waals surface area contributed by atoms with Gasteiger partial charge < -0.3 is 14.4 Å². The van der Waals surface area contributed by atoms with Crippen LogP contribution in [0.1, 0.15) is 26.5 Å². The highest BCUT2D eigenvalue weighted by Crippen LogP contribution is 2.34. The third kappa shape index (κ3) is 6.20. The van der Waals surface area contributed by atoms with Crippen molar-refractivity contribution in [2.45, 2.75) is 65.3 Å². The second-order valence-electron chi connectivity index (χ2n) is 9.45. The second-order valence-corrected chi connectivity index (χ2v) is 15.4. The summed E-state index contributed by atoms with van der Waals surface area (Å²) in [6, 6.07) is 3.05. The highest BCUT2D eigenvalue weighted by atomic mass is 35.5. The molecule has 0 amide bonds. The smallest absolute Gasteiger partial charge is 0.159 e. The summed E-state index contributed by atoms with van der Waals surface area (Å²) in [5.41, 5.74) is 2.35. The number of rotatable bonds is 7. The summed E-state index contributed by atoms with van der Waals surface area (Å²) in [7, 11) is -1.13. The van der Waals surface area contributed by atoms with Crippen LogP contribution in [0, 0.1) is 11.8 Å². The van der Waals surface area contributed by atoms with E-state index in [1.54, 1.807) is 18.5 Å². The van der Waals surface area contributed by atoms with Gasteiger partial charge in [-0.15, -0.1) is 0 Å². The Morgan fingerprint density at radius 1 is 1.23 bits per heavy atom. The summed E-state index contributed by atoms with van der Waals surface area (Å²) in [6.07, 6.45) is 5.81. The van der Waals surface area contributed by atoms with Gasteiger partial charge in [0.15, 0.2) is 5.15 Å². The van der Waals surface area contributed by atoms with E-state index in [0.29, 0.717) is 17.6 Å². The van der Waals surface area contributed by atoms with E-state index >= 15 is 0 Å². The molecule has 0 aromatic carbocycles. The topological polar surface area (TPSA) is 65.1 Å². The van der Waals surface area contributed by atoms with Crippen LogP contribution in [0.4, 0.5) is 0 Å². The molecule has 0 aliphatic carbocycles. The van der Waals surface area contributed by atoms with Crippen molar-refractivity contribution in [1.29, 1.82) is 0 Å². The first-order valence-corrected chi connectivity index (χ1v) is 14.6. The predicted molar refractivity (Wildman–Crippen MR) is 129 cm³/mol. The van der Waals surface area contributed by atoms with Gasteiger partial charge in [-0.05, 0) is 38.8 Å². The fourth-order valence-corrected chi connectivity index (χ4v) is 4.13. The Morgan fingerprint density at radius 3 is 2.61 bits per heavy atom. The minimum Gasteiger partial charge on any atom is -0.378 e. The highest BCUT2D eigenvalue weighted by Gasteiger charge is 2.17. The van der Waals surface area contributed by atoms with Crippen LogP contribution in [0.5, 0.6) is 0 Å². The van der Waals surface area contributed by atoms with Gasteiger partial charge in [-0.25, -0.2) is 9.67 Å². The quantitative estimate of drug-likeness (QED) is 0.307. The number of hydrogen-bond donors (Lipinski definition) is 1. The maximum Gasteiger partial charge on any atom is 0.159 e. The first-order chi connectivity index (χ1) is 14.5. The average Bonchev–Trinajstić information content (AvgIpc) is 3.21. The van der Waals surface area contributed by atoms with E-state index in [1.165, 1.54) is 0 Å². The molecule has 0 atom stereocenters. The van der Waals surface area contributed by atoms with Gasteiger partial charge in [-0.1, -0.05) is 37.2 Å². The van der Waals surface area contributed by atoms with Gasteiger partial charge >= 0.3 is 0 Å². The number of ether oxygens (including phenoxy) is 1. The van der Waals surface area contributed by atoms with Crippen LogP contribution in [0.25, 0.3) is 22.0 Å². The molecule has 0 bridgehead atoms. The zero-order valence-corrected chi connectivity index (χ0v) is 20.9. The van der Waals surface area contributed by atoms with Gasteiger partial charge in [-0.3, -0.25) is 0 Å². The Balaban J connectivity index is 1.92. The summed E-state index contributed by atoms with van der Waals surface area (Å²) < 4.78 is 9.69. The van der Waals surface area contributed by atoms with Gasteiger partial charge in [0.25, 0.3) is 0 Å². The van der Waals surface area contributed by atoms with Crippen LogP contribution >= 0.6 is 11.6 Å². The summed E-state index contributed by atoms with van der Waals surface area (Å²) in [5, 5.41) is 15.8. The molecule has 0 aliphatic heterocycles. The van der Waals surface area contributed by atoms with Crippen LogP contribution in [0.2, 0.25) is 30.8 Å². The van der Waals surface area contributed by atoms with Gasteiger partial charge in [0.1, 0.15) is 18.0 Å². The van der Waals surface area contributed by atoms with Crippen LogP contribution in [0.3, 0.4) is 0 Å². The molecule has 0 spiro atoms. The molecule has 0 aliphatic rings. The summed E-state index contributed by atoms with van der Waals surface area (Å²) in [4.78, 5) is 4.45. The van der Waals surface area contributed by atoms with Crippen molar-refractivity contribution in [2.75, 3.05) is 6.61 Å². The largest absolute Gasteiger partial charge is 0.378 e. The number of hydrogen-bond acceptors (Lipinski definition) is 4. The first kappa shape index (κ1) is 23.5. The first-order valence-electron chi connectivity index (χ1n) is 10.5. The number of nitrogens with zero attached hydrogens (tertiary/aromatic N) is 4. The predicted octanol–water partition coefficient (Wildman–Crippen LogP) is 5.01. The van der Waals surface area contributed by atoms with E-state index in [2.05, 4.69) is 59.3 Å². The van der Waals surface area contributed by atoms with E-state index in [1.807, 2.05) is 18.5 Å². The molecule has 0 saturated carbocycles. The fourth-order valence-electron chi connectivity index (χ4n) is 3.13. The molecule has 1 N–H and O–H groups in total. The minimum absolute atomic E-state index is 0.375. The average molecular weight is 459 g/mol. The third-order valence-electron chi connectivity index (χ3n) is 4.83. The minimum atomic E-state index is -1.13. The standard InChI is InChI=1S/C23H31ClN4O2Si/c1-7-27-14-19(18-12-17(25-13-21(18)27)8-9-23(2,3)29)20-15-28(26-22(20)24)16-30-10-11-31(4,5)6/h12-15,29H,7,10-11,16H2,1-6H3. The lowest BCUT2D eigenvalue weighted by Crippen LogP contribution is -2.22. The maximum absolute atomic E-state index is 9.90. The van der Waals surface area contributed by atoms with E-state index < -0.39 is 13.7 Å². The van der Waals surface area contributed by atoms with Crippen molar-refractivity contribution in [3.05, 3.63) is 35.5 Å². The van der Waals surface area contributed by atoms with Crippen LogP contribution < -0.4 is 0 Å². The van der Waals surface area contributed by atoms with Gasteiger partial charge in [-0.2, -0.15) is 5.10 Å². The van der Waals surface area contributed by atoms with Crippen molar-refractivity contribution in [3.63, 3.8) is 0 Å². The second kappa shape index (κ2) is 9.17. The Hall–Kier alpha value is -2.11. The summed E-state index contributed by atoms with van der Waals surface area (Å²) in [5.74, 6) is 5.78. The molecule has 0 fully saturated rings. The van der Waals surface area contributed by atoms with Gasteiger partial charge in [0.2, 0.25) is 0 Å². The lowest BCUT2D eigenvalue weighted by molar-refractivity contribution is 0.0786. The monoisotopic (exact) mass is 458 g/mol. The Morgan fingerprint density at radius 2 is 1.97 bits per heavy atom. The Kier molecular flexibility index (Phi) is 6.97. The molecule has 8 heteroatoms. The number of fused-ring (bicyclic) bond motifs is 1. The van der Waals surface area contributed by atoms with Crippen molar-refractivity contribution in [3.8, 4) is 23.0 Å². The molecule has 3 aromatic heterocycles. The number of halogens is 1. The van der Waals surface area contributed by atoms with Gasteiger partial charge in [0, 0.05) is 50.1 Å². The molecular weight excluding hydrogens is 428 g/mol. The molecule has 0 radical (unpaired) electrons. The van der Waals surface area contributed by atoms with E-state index in [-0.39, 0.29) is 0 Å². The molecule has 3 heterocycles. The van der Waals surface area contributed by atoms with E-state index in [0.717, 1.165) is 41.2 Å². The number of pyridine rings is 1. The molecule has 6 nitrogen and oxygen atoms in total. The summed E-state index contributed by atoms with van der Waals surface area (Å²) in [6.45, 7) is 14.3. The number of aryl methyl sites for hydroxylation is 1. The van der Waals surface area contributed by atoms with Crippen molar-refractivity contribution < 1.29 is 9.84 Å². The van der Waals surface area contributed by atoms with Crippen molar-refractivity contribution >= 4 is 30.6 Å². The van der Waals surface area contributed by atoms with Gasteiger partial charge in [0.05, 0.1) is 11.7 Å². The van der Waals surface area contributed by atoms with Crippen molar-refractivity contribution in [2.24, 2.45) is 0 Å². The lowest BCUT2D eigenvalue weighted by Gasteiger charge is -2.15. The Labute approximate surface area is 190 Å². The van der Waals surface area contributed by atoms with Crippen LogP contribution in [-0.2, 0) is 18.0 Å². The summed E-state index contributed by atoms with van der Waals surface area (Å²) >= 11 is 6.51. The number of aromatic nitrogens is 4. The molecule has 31 heavy (non-hydrogen) atoms. The maximum atomic E-state index is 9.90. The molecular formula is C23H31ClN4O2Si. The zero-order valence-electron chi connectivity index (χ0n) is 19.2.